The van der Waals surface area contributed by atoms with Crippen LogP contribution in [0.15, 0.2) is 54.7 Å². The maximum Gasteiger partial charge on any atom is 0.258 e. The minimum absolute atomic E-state index is 0.133. The molecular weight excluding hydrogens is 521 g/mol. The molecule has 0 radical (unpaired) electrons. The topological polar surface area (TPSA) is 98.4 Å². The molecule has 1 unspecified atom stereocenters. The first kappa shape index (κ1) is 27.2. The smallest absolute Gasteiger partial charge is 0.258 e. The molecule has 0 spiro atoms. The molecule has 9 nitrogen and oxygen atoms in total. The number of benzene rings is 2. The molecule has 4 aromatic rings. The SMILES string of the molecule is CC(c1cccc(F)c1)c1cc2c(NC(=O)c3ccc(N4CCN(C)CC4)cc3NC3CCOCC3)n[nH]c2cn1. The lowest BCUT2D eigenvalue weighted by atomic mass is 9.96. The number of halogens is 1. The first-order valence-corrected chi connectivity index (χ1v) is 14.3. The molecule has 2 fully saturated rings. The van der Waals surface area contributed by atoms with Crippen molar-refractivity contribution in [3.63, 3.8) is 0 Å². The van der Waals surface area contributed by atoms with Gasteiger partial charge in [-0.1, -0.05) is 19.1 Å². The van der Waals surface area contributed by atoms with Gasteiger partial charge in [0.25, 0.3) is 5.91 Å². The zero-order valence-electron chi connectivity index (χ0n) is 23.5. The van der Waals surface area contributed by atoms with Crippen LogP contribution in [-0.2, 0) is 4.74 Å². The molecule has 0 bridgehead atoms. The zero-order chi connectivity index (χ0) is 28.3. The number of nitrogens with zero attached hydrogens (tertiary/aromatic N) is 4. The van der Waals surface area contributed by atoms with Crippen molar-refractivity contribution < 1.29 is 13.9 Å². The van der Waals surface area contributed by atoms with Gasteiger partial charge in [0.2, 0.25) is 0 Å². The first-order chi connectivity index (χ1) is 19.9. The number of aromatic amines is 1. The highest BCUT2D eigenvalue weighted by Gasteiger charge is 2.22. The monoisotopic (exact) mass is 557 g/mol. The number of carbonyl (C=O) groups excluding carboxylic acids is 1. The maximum absolute atomic E-state index is 13.8. The van der Waals surface area contributed by atoms with Crippen molar-refractivity contribution in [2.24, 2.45) is 0 Å². The van der Waals surface area contributed by atoms with Crippen molar-refractivity contribution in [3.05, 3.63) is 77.4 Å². The third-order valence-corrected chi connectivity index (χ3v) is 8.19. The third kappa shape index (κ3) is 6.03. The molecule has 2 aromatic heterocycles. The third-order valence-electron chi connectivity index (χ3n) is 8.19. The molecule has 2 aliphatic rings. The Labute approximate surface area is 239 Å². The van der Waals surface area contributed by atoms with E-state index in [-0.39, 0.29) is 23.7 Å². The predicted octanol–water partition coefficient (Wildman–Crippen LogP) is 4.84. The predicted molar refractivity (Wildman–Crippen MR) is 159 cm³/mol. The zero-order valence-corrected chi connectivity index (χ0v) is 23.5. The van der Waals surface area contributed by atoms with Crippen molar-refractivity contribution in [2.75, 3.05) is 62.0 Å². The van der Waals surface area contributed by atoms with Gasteiger partial charge in [0.15, 0.2) is 5.82 Å². The van der Waals surface area contributed by atoms with Crippen LogP contribution in [0.4, 0.5) is 21.6 Å². The Kier molecular flexibility index (Phi) is 7.84. The van der Waals surface area contributed by atoms with E-state index in [1.165, 1.54) is 12.1 Å². The lowest BCUT2D eigenvalue weighted by Crippen LogP contribution is -2.44. The van der Waals surface area contributed by atoms with Crippen LogP contribution in [0.1, 0.15) is 47.3 Å². The van der Waals surface area contributed by atoms with Crippen LogP contribution in [0, 0.1) is 5.82 Å². The Morgan fingerprint density at radius 1 is 1.10 bits per heavy atom. The molecule has 3 N–H and O–H groups in total. The second-order valence-corrected chi connectivity index (χ2v) is 11.0. The number of hydrogen-bond donors (Lipinski definition) is 3. The van der Waals surface area contributed by atoms with Gasteiger partial charge in [0.05, 0.1) is 17.3 Å². The van der Waals surface area contributed by atoms with Gasteiger partial charge in [0.1, 0.15) is 5.82 Å². The summed E-state index contributed by atoms with van der Waals surface area (Å²) in [5.74, 6) is -0.226. The first-order valence-electron chi connectivity index (χ1n) is 14.3. The van der Waals surface area contributed by atoms with Crippen molar-refractivity contribution in [3.8, 4) is 0 Å². The number of amides is 1. The van der Waals surface area contributed by atoms with E-state index in [0.717, 1.165) is 67.0 Å². The van der Waals surface area contributed by atoms with Gasteiger partial charge in [-0.15, -0.1) is 0 Å². The molecule has 1 atom stereocenters. The molecule has 0 saturated carbocycles. The lowest BCUT2D eigenvalue weighted by Gasteiger charge is -2.34. The number of fused-ring (bicyclic) bond motifs is 1. The molecule has 2 aliphatic heterocycles. The van der Waals surface area contributed by atoms with Crippen molar-refractivity contribution >= 4 is 34.0 Å². The summed E-state index contributed by atoms with van der Waals surface area (Å²) in [6.45, 7) is 7.31. The van der Waals surface area contributed by atoms with Gasteiger partial charge in [-0.3, -0.25) is 14.9 Å². The second kappa shape index (κ2) is 11.8. The van der Waals surface area contributed by atoms with Crippen LogP contribution >= 0.6 is 0 Å². The van der Waals surface area contributed by atoms with Gasteiger partial charge in [0, 0.05) is 73.8 Å². The Morgan fingerprint density at radius 3 is 2.68 bits per heavy atom. The number of anilines is 3. The number of likely N-dealkylation sites (N-methyl/N-ethyl adjacent to an activating group) is 1. The van der Waals surface area contributed by atoms with Gasteiger partial charge in [-0.2, -0.15) is 5.10 Å². The number of rotatable bonds is 7. The van der Waals surface area contributed by atoms with Crippen molar-refractivity contribution in [1.29, 1.82) is 0 Å². The Hall–Kier alpha value is -4.02. The van der Waals surface area contributed by atoms with E-state index in [0.29, 0.717) is 30.1 Å². The average molecular weight is 558 g/mol. The largest absolute Gasteiger partial charge is 0.381 e. The van der Waals surface area contributed by atoms with Crippen LogP contribution < -0.4 is 15.5 Å². The Bertz CT molecular complexity index is 1530. The maximum atomic E-state index is 13.8. The Balaban J connectivity index is 1.27. The summed E-state index contributed by atoms with van der Waals surface area (Å²) < 4.78 is 19.4. The number of H-pyrrole nitrogens is 1. The van der Waals surface area contributed by atoms with Crippen molar-refractivity contribution in [1.82, 2.24) is 20.1 Å². The molecule has 1 amide bonds. The number of aromatic nitrogens is 3. The average Bonchev–Trinajstić information content (AvgIpc) is 3.39. The molecule has 2 saturated heterocycles. The summed E-state index contributed by atoms with van der Waals surface area (Å²) in [4.78, 5) is 23.0. The van der Waals surface area contributed by atoms with Crippen LogP contribution in [0.2, 0.25) is 0 Å². The van der Waals surface area contributed by atoms with E-state index in [4.69, 9.17) is 4.74 Å². The number of piperazine rings is 1. The molecular formula is C31H36FN7O2. The summed E-state index contributed by atoms with van der Waals surface area (Å²) in [5.41, 5.74) is 4.78. The molecule has 6 rings (SSSR count). The highest BCUT2D eigenvalue weighted by Crippen LogP contribution is 2.30. The molecule has 4 heterocycles. The number of nitrogens with one attached hydrogen (secondary N) is 3. The summed E-state index contributed by atoms with van der Waals surface area (Å²) in [6, 6.07) is 14.7. The Morgan fingerprint density at radius 2 is 1.90 bits per heavy atom. The van der Waals surface area contributed by atoms with Crippen LogP contribution in [-0.4, -0.2) is 78.5 Å². The minimum atomic E-state index is -0.282. The van der Waals surface area contributed by atoms with E-state index < -0.39 is 0 Å². The highest BCUT2D eigenvalue weighted by atomic mass is 19.1. The van der Waals surface area contributed by atoms with E-state index in [1.54, 1.807) is 12.3 Å². The van der Waals surface area contributed by atoms with Crippen molar-refractivity contribution in [2.45, 2.75) is 31.7 Å². The standard InChI is InChI=1S/C31H36FN7O2/c1-20(21-4-3-5-22(32)16-21)27-18-26-29(19-33-27)36-37-30(26)35-31(40)25-7-6-24(39-12-10-38(2)11-13-39)17-28(25)34-23-8-14-41-15-9-23/h3-7,16-20,23,34H,8-15H2,1-2H3,(H2,35,36,37,40). The van der Waals surface area contributed by atoms with E-state index in [2.05, 4.69) is 48.7 Å². The molecule has 0 aliphatic carbocycles. The summed E-state index contributed by atoms with van der Waals surface area (Å²) >= 11 is 0. The van der Waals surface area contributed by atoms with Gasteiger partial charge >= 0.3 is 0 Å². The minimum Gasteiger partial charge on any atom is -0.381 e. The fourth-order valence-electron chi connectivity index (χ4n) is 5.56. The second-order valence-electron chi connectivity index (χ2n) is 11.0. The summed E-state index contributed by atoms with van der Waals surface area (Å²) in [5, 5.41) is 14.8. The van der Waals surface area contributed by atoms with Gasteiger partial charge in [-0.25, -0.2) is 4.39 Å². The summed E-state index contributed by atoms with van der Waals surface area (Å²) in [7, 11) is 2.14. The quantitative estimate of drug-likeness (QED) is 0.299. The van der Waals surface area contributed by atoms with E-state index in [1.807, 2.05) is 31.2 Å². The fourth-order valence-corrected chi connectivity index (χ4v) is 5.56. The molecule has 41 heavy (non-hydrogen) atoms. The van der Waals surface area contributed by atoms with E-state index >= 15 is 0 Å². The molecule has 2 aromatic carbocycles. The molecule has 10 heteroatoms. The van der Waals surface area contributed by atoms with Crippen LogP contribution in [0.3, 0.4) is 0 Å². The van der Waals surface area contributed by atoms with Gasteiger partial charge in [-0.05, 0) is 61.9 Å². The summed E-state index contributed by atoms with van der Waals surface area (Å²) in [6.07, 6.45) is 3.48. The van der Waals surface area contributed by atoms with Crippen LogP contribution in [0.5, 0.6) is 0 Å². The number of ether oxygens (including phenoxy) is 1. The molecule has 214 valence electrons. The fraction of sp³-hybridized carbons (Fsp3) is 0.387. The number of hydrogen-bond acceptors (Lipinski definition) is 7. The highest BCUT2D eigenvalue weighted by molar-refractivity contribution is 6.11. The van der Waals surface area contributed by atoms with Gasteiger partial charge < -0.3 is 25.2 Å². The van der Waals surface area contributed by atoms with Crippen LogP contribution in [0.25, 0.3) is 10.9 Å². The normalized spacial score (nSPS) is 17.5. The van der Waals surface area contributed by atoms with E-state index in [9.17, 15) is 9.18 Å². The number of pyridine rings is 1. The number of carbonyl (C=O) groups is 1. The lowest BCUT2D eigenvalue weighted by molar-refractivity contribution is 0.0904.